The van der Waals surface area contributed by atoms with Gasteiger partial charge < -0.3 is 14.5 Å². The van der Waals surface area contributed by atoms with Crippen LogP contribution in [-0.2, 0) is 6.54 Å². The molecule has 0 saturated heterocycles. The van der Waals surface area contributed by atoms with Gasteiger partial charge >= 0.3 is 0 Å². The van der Waals surface area contributed by atoms with Gasteiger partial charge in [0.1, 0.15) is 23.7 Å². The van der Waals surface area contributed by atoms with Crippen LogP contribution in [0.4, 0.5) is 16.0 Å². The number of hydrogen-bond donors (Lipinski definition) is 1. The van der Waals surface area contributed by atoms with E-state index in [1.807, 2.05) is 18.5 Å². The second-order valence-electron chi connectivity index (χ2n) is 9.33. The van der Waals surface area contributed by atoms with Crippen molar-refractivity contribution in [2.45, 2.75) is 40.2 Å². The first kappa shape index (κ1) is 23.8. The first-order valence-electron chi connectivity index (χ1n) is 12.3. The highest BCUT2D eigenvalue weighted by Gasteiger charge is 2.28. The highest BCUT2D eigenvalue weighted by atomic mass is 19.1. The average molecular weight is 516 g/mol. The van der Waals surface area contributed by atoms with Crippen molar-refractivity contribution in [1.29, 1.82) is 0 Å². The van der Waals surface area contributed by atoms with Gasteiger partial charge in [0.25, 0.3) is 5.89 Å². The number of ether oxygens (including phenoxy) is 1. The summed E-state index contributed by atoms with van der Waals surface area (Å²) in [6.45, 7) is 6.30. The van der Waals surface area contributed by atoms with Gasteiger partial charge in [0.15, 0.2) is 17.4 Å². The summed E-state index contributed by atoms with van der Waals surface area (Å²) < 4.78 is 28.6. The molecule has 1 fully saturated rings. The molecule has 1 N–H and O–H groups in total. The van der Waals surface area contributed by atoms with E-state index in [9.17, 15) is 4.39 Å². The fourth-order valence-electron chi connectivity index (χ4n) is 4.46. The van der Waals surface area contributed by atoms with Gasteiger partial charge in [-0.05, 0) is 56.9 Å². The number of aromatic nitrogens is 8. The Labute approximate surface area is 217 Å². The summed E-state index contributed by atoms with van der Waals surface area (Å²) in [5.41, 5.74) is 3.71. The number of hydrogen-bond acceptors (Lipinski definition) is 9. The lowest BCUT2D eigenvalue weighted by molar-refractivity contribution is 0.417. The Balaban J connectivity index is 1.37. The highest BCUT2D eigenvalue weighted by molar-refractivity contribution is 5.76. The third-order valence-electron chi connectivity index (χ3n) is 6.51. The van der Waals surface area contributed by atoms with Crippen LogP contribution in [0.15, 0.2) is 41.1 Å². The average Bonchev–Trinajstić information content (AvgIpc) is 3.41. The molecule has 6 rings (SSSR count). The molecule has 38 heavy (non-hydrogen) atoms. The summed E-state index contributed by atoms with van der Waals surface area (Å²) in [7, 11) is 1.60. The molecule has 1 aliphatic carbocycles. The van der Waals surface area contributed by atoms with E-state index in [4.69, 9.17) is 14.3 Å². The zero-order valence-electron chi connectivity index (χ0n) is 21.4. The minimum atomic E-state index is -0.307. The molecule has 194 valence electrons. The molecule has 5 aromatic rings. The normalized spacial score (nSPS) is 13.2. The molecule has 0 amide bonds. The van der Waals surface area contributed by atoms with Crippen LogP contribution in [-0.4, -0.2) is 46.8 Å². The maximum Gasteiger partial charge on any atom is 0.251 e. The van der Waals surface area contributed by atoms with E-state index in [0.29, 0.717) is 46.6 Å². The van der Waals surface area contributed by atoms with E-state index >= 15 is 0 Å². The molecule has 11 nitrogen and oxygen atoms in total. The Morgan fingerprint density at radius 3 is 2.55 bits per heavy atom. The van der Waals surface area contributed by atoms with Crippen molar-refractivity contribution < 1.29 is 13.5 Å². The van der Waals surface area contributed by atoms with Crippen LogP contribution < -0.4 is 10.1 Å². The SMILES string of the molecule is COc1c(-c2ccc(F)cc2)nn(CC2CC2)c1Nc1cc(-n2nc(C)c(-c3nnc(C)o3)c2C)ncn1. The first-order chi connectivity index (χ1) is 18.4. The molecule has 1 aromatic carbocycles. The minimum absolute atomic E-state index is 0.307. The van der Waals surface area contributed by atoms with Crippen molar-refractivity contribution in [1.82, 2.24) is 39.7 Å². The van der Waals surface area contributed by atoms with Gasteiger partial charge in [-0.15, -0.1) is 10.2 Å². The smallest absolute Gasteiger partial charge is 0.251 e. The van der Waals surface area contributed by atoms with E-state index in [-0.39, 0.29) is 5.82 Å². The summed E-state index contributed by atoms with van der Waals surface area (Å²) >= 11 is 0. The summed E-state index contributed by atoms with van der Waals surface area (Å²) in [6, 6.07) is 8.01. The second kappa shape index (κ2) is 9.36. The van der Waals surface area contributed by atoms with Crippen molar-refractivity contribution in [3.8, 4) is 34.3 Å². The number of nitrogens with one attached hydrogen (secondary N) is 1. The van der Waals surface area contributed by atoms with Gasteiger partial charge in [0, 0.05) is 25.1 Å². The number of methoxy groups -OCH3 is 1. The number of anilines is 2. The fraction of sp³-hybridized carbons (Fsp3) is 0.308. The molecule has 0 radical (unpaired) electrons. The van der Waals surface area contributed by atoms with Crippen molar-refractivity contribution in [3.63, 3.8) is 0 Å². The largest absolute Gasteiger partial charge is 0.491 e. The zero-order chi connectivity index (χ0) is 26.4. The molecule has 1 saturated carbocycles. The van der Waals surface area contributed by atoms with E-state index < -0.39 is 0 Å². The molecule has 0 aliphatic heterocycles. The topological polar surface area (TPSA) is 122 Å². The van der Waals surface area contributed by atoms with Crippen LogP contribution >= 0.6 is 0 Å². The van der Waals surface area contributed by atoms with Gasteiger partial charge in [-0.25, -0.2) is 23.7 Å². The van der Waals surface area contributed by atoms with Crippen LogP contribution in [0.1, 0.15) is 30.1 Å². The third-order valence-corrected chi connectivity index (χ3v) is 6.51. The molecular weight excluding hydrogens is 489 g/mol. The molecule has 0 bridgehead atoms. The quantitative estimate of drug-likeness (QED) is 0.310. The molecular formula is C26H26FN9O2. The van der Waals surface area contributed by atoms with Gasteiger partial charge in [-0.2, -0.15) is 10.2 Å². The number of nitrogens with zero attached hydrogens (tertiary/aromatic N) is 8. The Hall–Kier alpha value is -4.61. The summed E-state index contributed by atoms with van der Waals surface area (Å²) in [5, 5.41) is 21.0. The van der Waals surface area contributed by atoms with Gasteiger partial charge in [0.2, 0.25) is 5.89 Å². The van der Waals surface area contributed by atoms with E-state index in [1.54, 1.807) is 36.9 Å². The minimum Gasteiger partial charge on any atom is -0.491 e. The van der Waals surface area contributed by atoms with Crippen LogP contribution in [0, 0.1) is 32.5 Å². The van der Waals surface area contributed by atoms with Crippen molar-refractivity contribution in [2.24, 2.45) is 5.92 Å². The second-order valence-corrected chi connectivity index (χ2v) is 9.33. The predicted molar refractivity (Wildman–Crippen MR) is 137 cm³/mol. The monoisotopic (exact) mass is 515 g/mol. The highest BCUT2D eigenvalue weighted by Crippen LogP contribution is 2.40. The predicted octanol–water partition coefficient (Wildman–Crippen LogP) is 4.80. The van der Waals surface area contributed by atoms with Crippen molar-refractivity contribution in [2.75, 3.05) is 12.4 Å². The van der Waals surface area contributed by atoms with Crippen LogP contribution in [0.25, 0.3) is 28.5 Å². The number of aryl methyl sites for hydroxylation is 2. The summed E-state index contributed by atoms with van der Waals surface area (Å²) in [5.74, 6) is 3.48. The zero-order valence-corrected chi connectivity index (χ0v) is 21.4. The lowest BCUT2D eigenvalue weighted by Crippen LogP contribution is -2.09. The van der Waals surface area contributed by atoms with Crippen LogP contribution in [0.5, 0.6) is 5.75 Å². The Morgan fingerprint density at radius 2 is 1.87 bits per heavy atom. The molecule has 0 unspecified atom stereocenters. The molecule has 4 aromatic heterocycles. The van der Waals surface area contributed by atoms with E-state index in [0.717, 1.165) is 41.9 Å². The fourth-order valence-corrected chi connectivity index (χ4v) is 4.46. The first-order valence-corrected chi connectivity index (χ1v) is 12.3. The third kappa shape index (κ3) is 4.38. The standard InChI is InChI=1S/C26H26FN9O2/c1-14-22(26-32-31-16(3)38-26)15(2)36(33-14)21-11-20(28-13-29-21)30-25-24(37-4)23(18-7-9-19(27)10-8-18)34-35(25)12-17-5-6-17/h7-11,13,17H,5-6,12H2,1-4H3,(H,28,29,30). The van der Waals surface area contributed by atoms with Gasteiger partial charge in [-0.3, -0.25) is 0 Å². The number of halogens is 1. The molecule has 0 spiro atoms. The number of rotatable bonds is 8. The van der Waals surface area contributed by atoms with Gasteiger partial charge in [-0.1, -0.05) is 0 Å². The summed E-state index contributed by atoms with van der Waals surface area (Å²) in [6.07, 6.45) is 3.79. The molecule has 4 heterocycles. The molecule has 12 heteroatoms. The maximum absolute atomic E-state index is 13.6. The Morgan fingerprint density at radius 1 is 1.08 bits per heavy atom. The summed E-state index contributed by atoms with van der Waals surface area (Å²) in [4.78, 5) is 8.88. The Kier molecular flexibility index (Phi) is 5.86. The maximum atomic E-state index is 13.6. The van der Waals surface area contributed by atoms with Crippen LogP contribution in [0.3, 0.4) is 0 Å². The lowest BCUT2D eigenvalue weighted by atomic mass is 10.1. The molecule has 0 atom stereocenters. The van der Waals surface area contributed by atoms with Gasteiger partial charge in [0.05, 0.1) is 24.1 Å². The van der Waals surface area contributed by atoms with Crippen LogP contribution in [0.2, 0.25) is 0 Å². The lowest BCUT2D eigenvalue weighted by Gasteiger charge is -2.12. The Bertz CT molecular complexity index is 1620. The van der Waals surface area contributed by atoms with Crippen molar-refractivity contribution in [3.05, 3.63) is 59.8 Å². The van der Waals surface area contributed by atoms with Crippen molar-refractivity contribution >= 4 is 11.6 Å². The molecule has 1 aliphatic rings. The van der Waals surface area contributed by atoms with E-state index in [2.05, 4.69) is 30.6 Å². The number of benzene rings is 1. The van der Waals surface area contributed by atoms with E-state index in [1.165, 1.54) is 18.5 Å².